The zero-order chi connectivity index (χ0) is 18.4. The van der Waals surface area contributed by atoms with Gasteiger partial charge < -0.3 is 19.5 Å². The first-order chi connectivity index (χ1) is 11.9. The molecular formula is C17H26N4O4. The van der Waals surface area contributed by atoms with Crippen molar-refractivity contribution < 1.29 is 18.8 Å². The number of aryl methyl sites for hydroxylation is 1. The molecular weight excluding hydrogens is 324 g/mol. The standard InChI is InChI=1S/C17H26N4O4/c1-13-6-7-14(25-13)12-20(10-9-19(2)3)15(22)5-4-8-21-16(23)11-18-17(21)24/h6-7H,4-5,8-12H2,1-3H3,(H,18,24). The van der Waals surface area contributed by atoms with Crippen LogP contribution >= 0.6 is 0 Å². The second-order valence-corrected chi connectivity index (χ2v) is 6.44. The molecule has 1 aliphatic heterocycles. The number of furan rings is 1. The van der Waals surface area contributed by atoms with Crippen LogP contribution in [0.5, 0.6) is 0 Å². The SMILES string of the molecule is Cc1ccc(CN(CCN(C)C)C(=O)CCCN2C(=O)CNC2=O)o1. The van der Waals surface area contributed by atoms with Gasteiger partial charge in [0.2, 0.25) is 11.8 Å². The van der Waals surface area contributed by atoms with Crippen LogP contribution in [0.1, 0.15) is 24.4 Å². The average Bonchev–Trinajstić information content (AvgIpc) is 3.10. The molecule has 0 aliphatic carbocycles. The molecule has 2 rings (SSSR count). The molecule has 0 saturated carbocycles. The molecule has 0 unspecified atom stereocenters. The van der Waals surface area contributed by atoms with Gasteiger partial charge in [-0.3, -0.25) is 14.5 Å². The molecule has 1 aliphatic rings. The van der Waals surface area contributed by atoms with Gasteiger partial charge in [-0.05, 0) is 39.6 Å². The van der Waals surface area contributed by atoms with Gasteiger partial charge in [0.1, 0.15) is 11.5 Å². The number of rotatable bonds is 9. The summed E-state index contributed by atoms with van der Waals surface area (Å²) in [6, 6.07) is 3.37. The lowest BCUT2D eigenvalue weighted by atomic mass is 10.2. The second-order valence-electron chi connectivity index (χ2n) is 6.44. The van der Waals surface area contributed by atoms with Gasteiger partial charge in [-0.25, -0.2) is 4.79 Å². The number of hydrogen-bond donors (Lipinski definition) is 1. The van der Waals surface area contributed by atoms with Crippen LogP contribution in [0.4, 0.5) is 4.79 Å². The summed E-state index contributed by atoms with van der Waals surface area (Å²) in [6.07, 6.45) is 0.734. The maximum Gasteiger partial charge on any atom is 0.324 e. The Hall–Kier alpha value is -2.35. The minimum Gasteiger partial charge on any atom is -0.464 e. The number of hydrogen-bond acceptors (Lipinski definition) is 5. The molecule has 1 aromatic heterocycles. The number of nitrogens with one attached hydrogen (secondary N) is 1. The van der Waals surface area contributed by atoms with E-state index in [1.54, 1.807) is 4.90 Å². The lowest BCUT2D eigenvalue weighted by Gasteiger charge is -2.24. The van der Waals surface area contributed by atoms with Gasteiger partial charge in [0, 0.05) is 26.1 Å². The van der Waals surface area contributed by atoms with Gasteiger partial charge in [-0.15, -0.1) is 0 Å². The van der Waals surface area contributed by atoms with Crippen LogP contribution < -0.4 is 5.32 Å². The molecule has 8 nitrogen and oxygen atoms in total. The van der Waals surface area contributed by atoms with Crippen LogP contribution in [-0.4, -0.2) is 72.8 Å². The molecule has 1 fully saturated rings. The van der Waals surface area contributed by atoms with E-state index in [1.165, 1.54) is 0 Å². The Morgan fingerprint density at radius 3 is 2.60 bits per heavy atom. The first kappa shape index (κ1) is 19.0. The van der Waals surface area contributed by atoms with Crippen molar-refractivity contribution in [2.45, 2.75) is 26.3 Å². The van der Waals surface area contributed by atoms with Crippen LogP contribution in [0.15, 0.2) is 16.5 Å². The molecule has 138 valence electrons. The van der Waals surface area contributed by atoms with Crippen molar-refractivity contribution in [1.29, 1.82) is 0 Å². The second kappa shape index (κ2) is 8.66. The number of amides is 4. The van der Waals surface area contributed by atoms with Crippen molar-refractivity contribution >= 4 is 17.8 Å². The molecule has 2 heterocycles. The molecule has 1 saturated heterocycles. The highest BCUT2D eigenvalue weighted by atomic mass is 16.3. The minimum absolute atomic E-state index is 0.0112. The first-order valence-corrected chi connectivity index (χ1v) is 8.43. The highest BCUT2D eigenvalue weighted by Gasteiger charge is 2.28. The van der Waals surface area contributed by atoms with E-state index in [0.717, 1.165) is 23.0 Å². The molecule has 1 aromatic rings. The summed E-state index contributed by atoms with van der Waals surface area (Å²) in [7, 11) is 3.91. The summed E-state index contributed by atoms with van der Waals surface area (Å²) >= 11 is 0. The molecule has 0 aromatic carbocycles. The van der Waals surface area contributed by atoms with Crippen LogP contribution in [0.3, 0.4) is 0 Å². The van der Waals surface area contributed by atoms with Crippen molar-refractivity contribution in [3.63, 3.8) is 0 Å². The Bertz CT molecular complexity index is 610. The monoisotopic (exact) mass is 350 g/mol. The third kappa shape index (κ3) is 5.60. The molecule has 8 heteroatoms. The smallest absolute Gasteiger partial charge is 0.324 e. The highest BCUT2D eigenvalue weighted by Crippen LogP contribution is 2.12. The summed E-state index contributed by atoms with van der Waals surface area (Å²) in [6.45, 7) is 3.93. The number of nitrogens with zero attached hydrogens (tertiary/aromatic N) is 3. The van der Waals surface area contributed by atoms with Gasteiger partial charge in [-0.2, -0.15) is 0 Å². The summed E-state index contributed by atoms with van der Waals surface area (Å²) in [5.74, 6) is 1.31. The quantitative estimate of drug-likeness (QED) is 0.666. The summed E-state index contributed by atoms with van der Waals surface area (Å²) in [5, 5.41) is 2.47. The van der Waals surface area contributed by atoms with E-state index in [2.05, 4.69) is 5.32 Å². The van der Waals surface area contributed by atoms with Crippen molar-refractivity contribution in [2.24, 2.45) is 0 Å². The fourth-order valence-electron chi connectivity index (χ4n) is 2.60. The number of urea groups is 1. The predicted molar refractivity (Wildman–Crippen MR) is 91.8 cm³/mol. The fraction of sp³-hybridized carbons (Fsp3) is 0.588. The van der Waals surface area contributed by atoms with Gasteiger partial charge in [0.15, 0.2) is 0 Å². The number of carbonyl (C=O) groups excluding carboxylic acids is 3. The van der Waals surface area contributed by atoms with Crippen LogP contribution in [0, 0.1) is 6.92 Å². The largest absolute Gasteiger partial charge is 0.464 e. The topological polar surface area (TPSA) is 86.1 Å². The maximum atomic E-state index is 12.6. The lowest BCUT2D eigenvalue weighted by Crippen LogP contribution is -2.37. The Morgan fingerprint density at radius 2 is 2.04 bits per heavy atom. The van der Waals surface area contributed by atoms with Crippen LogP contribution in [-0.2, 0) is 16.1 Å². The Kier molecular flexibility index (Phi) is 6.58. The fourth-order valence-corrected chi connectivity index (χ4v) is 2.60. The molecule has 0 spiro atoms. The van der Waals surface area contributed by atoms with Gasteiger partial charge in [0.25, 0.3) is 0 Å². The number of likely N-dealkylation sites (N-methyl/N-ethyl adjacent to an activating group) is 1. The normalized spacial score (nSPS) is 14.3. The van der Waals surface area contributed by atoms with Crippen molar-refractivity contribution in [2.75, 3.05) is 40.3 Å². The van der Waals surface area contributed by atoms with E-state index in [-0.39, 0.29) is 37.4 Å². The van der Waals surface area contributed by atoms with Crippen LogP contribution in [0.2, 0.25) is 0 Å². The Morgan fingerprint density at radius 1 is 1.28 bits per heavy atom. The minimum atomic E-state index is -0.382. The van der Waals surface area contributed by atoms with Gasteiger partial charge in [-0.1, -0.05) is 0 Å². The van der Waals surface area contributed by atoms with Gasteiger partial charge in [0.05, 0.1) is 13.1 Å². The molecule has 0 radical (unpaired) electrons. The number of imide groups is 1. The van der Waals surface area contributed by atoms with E-state index in [9.17, 15) is 14.4 Å². The summed E-state index contributed by atoms with van der Waals surface area (Å²) in [5.41, 5.74) is 0. The first-order valence-electron chi connectivity index (χ1n) is 8.43. The van der Waals surface area contributed by atoms with Crippen molar-refractivity contribution in [3.8, 4) is 0 Å². The molecule has 0 atom stereocenters. The van der Waals surface area contributed by atoms with Crippen LogP contribution in [0.25, 0.3) is 0 Å². The zero-order valence-corrected chi connectivity index (χ0v) is 15.1. The molecule has 25 heavy (non-hydrogen) atoms. The van der Waals surface area contributed by atoms with Crippen molar-refractivity contribution in [3.05, 3.63) is 23.7 Å². The number of carbonyl (C=O) groups is 3. The maximum absolute atomic E-state index is 12.6. The third-order valence-corrected chi connectivity index (χ3v) is 4.02. The van der Waals surface area contributed by atoms with E-state index >= 15 is 0 Å². The highest BCUT2D eigenvalue weighted by molar-refractivity contribution is 6.01. The predicted octanol–water partition coefficient (Wildman–Crippen LogP) is 0.810. The zero-order valence-electron chi connectivity index (χ0n) is 15.1. The molecule has 1 N–H and O–H groups in total. The van der Waals surface area contributed by atoms with E-state index in [0.29, 0.717) is 19.5 Å². The summed E-state index contributed by atoms with van der Waals surface area (Å²) in [4.78, 5) is 40.5. The molecule has 4 amide bonds. The molecule has 0 bridgehead atoms. The Balaban J connectivity index is 1.87. The third-order valence-electron chi connectivity index (χ3n) is 4.02. The summed E-state index contributed by atoms with van der Waals surface area (Å²) < 4.78 is 5.57. The van der Waals surface area contributed by atoms with Crippen molar-refractivity contribution in [1.82, 2.24) is 20.0 Å². The lowest BCUT2D eigenvalue weighted by molar-refractivity contribution is -0.133. The van der Waals surface area contributed by atoms with Gasteiger partial charge >= 0.3 is 6.03 Å². The average molecular weight is 350 g/mol. The van der Waals surface area contributed by atoms with E-state index < -0.39 is 0 Å². The Labute approximate surface area is 147 Å². The van der Waals surface area contributed by atoms with E-state index in [1.807, 2.05) is 38.1 Å². The van der Waals surface area contributed by atoms with E-state index in [4.69, 9.17) is 4.42 Å².